The Morgan fingerprint density at radius 3 is 2.76 bits per heavy atom. The molecule has 1 aromatic carbocycles. The third kappa shape index (κ3) is 3.21. The SMILES string of the molecule is CCNC(=NCc1ccc(N2CCCC2=O)cc1)NC1C2CCOC2C12CCC2. The molecule has 0 bridgehead atoms. The van der Waals surface area contributed by atoms with E-state index in [1.54, 1.807) is 0 Å². The van der Waals surface area contributed by atoms with Crippen molar-refractivity contribution >= 4 is 17.6 Å². The van der Waals surface area contributed by atoms with Gasteiger partial charge in [0, 0.05) is 49.2 Å². The van der Waals surface area contributed by atoms with Crippen molar-refractivity contribution in [2.75, 3.05) is 24.6 Å². The molecule has 6 heteroatoms. The molecule has 2 aliphatic carbocycles. The summed E-state index contributed by atoms with van der Waals surface area (Å²) >= 11 is 0. The van der Waals surface area contributed by atoms with Gasteiger partial charge in [-0.2, -0.15) is 0 Å². The molecule has 5 rings (SSSR count). The van der Waals surface area contributed by atoms with Gasteiger partial charge in [-0.3, -0.25) is 4.79 Å². The van der Waals surface area contributed by atoms with E-state index in [1.165, 1.54) is 25.7 Å². The maximum atomic E-state index is 11.9. The first-order chi connectivity index (χ1) is 14.2. The van der Waals surface area contributed by atoms with Gasteiger partial charge in [0.25, 0.3) is 0 Å². The minimum absolute atomic E-state index is 0.231. The van der Waals surface area contributed by atoms with Gasteiger partial charge in [0.15, 0.2) is 5.96 Å². The van der Waals surface area contributed by atoms with Crippen LogP contribution in [-0.2, 0) is 16.1 Å². The van der Waals surface area contributed by atoms with Crippen LogP contribution in [0.4, 0.5) is 5.69 Å². The van der Waals surface area contributed by atoms with Crippen LogP contribution in [0.1, 0.15) is 51.0 Å². The molecule has 2 saturated carbocycles. The summed E-state index contributed by atoms with van der Waals surface area (Å²) in [5.74, 6) is 1.78. The molecule has 2 saturated heterocycles. The molecule has 0 aromatic heterocycles. The van der Waals surface area contributed by atoms with Crippen molar-refractivity contribution in [3.05, 3.63) is 29.8 Å². The van der Waals surface area contributed by atoms with E-state index in [2.05, 4.69) is 29.7 Å². The lowest BCUT2D eigenvalue weighted by atomic mass is 9.46. The molecule has 0 radical (unpaired) electrons. The fraction of sp³-hybridized carbons (Fsp3) is 0.652. The van der Waals surface area contributed by atoms with Crippen LogP contribution in [0.15, 0.2) is 29.3 Å². The van der Waals surface area contributed by atoms with Gasteiger partial charge in [-0.05, 0) is 50.3 Å². The Hall–Kier alpha value is -2.08. The second-order valence-corrected chi connectivity index (χ2v) is 8.96. The highest BCUT2D eigenvalue weighted by Gasteiger charge is 2.66. The van der Waals surface area contributed by atoms with Gasteiger partial charge in [-0.15, -0.1) is 0 Å². The van der Waals surface area contributed by atoms with E-state index in [-0.39, 0.29) is 5.91 Å². The number of nitrogens with zero attached hydrogens (tertiary/aromatic N) is 2. The zero-order chi connectivity index (χ0) is 19.8. The Morgan fingerprint density at radius 2 is 2.10 bits per heavy atom. The normalized spacial score (nSPS) is 30.1. The summed E-state index contributed by atoms with van der Waals surface area (Å²) in [4.78, 5) is 18.7. The number of amides is 1. The molecule has 2 heterocycles. The lowest BCUT2D eigenvalue weighted by Crippen LogP contribution is -2.72. The second-order valence-electron chi connectivity index (χ2n) is 8.96. The molecular formula is C23H32N4O2. The summed E-state index contributed by atoms with van der Waals surface area (Å²) < 4.78 is 6.04. The minimum atomic E-state index is 0.231. The number of hydrogen-bond acceptors (Lipinski definition) is 3. The monoisotopic (exact) mass is 396 g/mol. The quantitative estimate of drug-likeness (QED) is 0.593. The first kappa shape index (κ1) is 18.9. The maximum Gasteiger partial charge on any atom is 0.227 e. The van der Waals surface area contributed by atoms with E-state index in [9.17, 15) is 4.79 Å². The fourth-order valence-electron chi connectivity index (χ4n) is 5.80. The van der Waals surface area contributed by atoms with Gasteiger partial charge in [0.2, 0.25) is 5.91 Å². The topological polar surface area (TPSA) is 66.0 Å². The number of carbonyl (C=O) groups excluding carboxylic acids is 1. The van der Waals surface area contributed by atoms with E-state index >= 15 is 0 Å². The Morgan fingerprint density at radius 1 is 1.28 bits per heavy atom. The summed E-state index contributed by atoms with van der Waals surface area (Å²) in [5.41, 5.74) is 2.51. The lowest BCUT2D eigenvalue weighted by Gasteiger charge is -2.63. The Bertz CT molecular complexity index is 787. The third-order valence-electron chi connectivity index (χ3n) is 7.41. The average Bonchev–Trinajstić information content (AvgIpc) is 3.30. The lowest BCUT2D eigenvalue weighted by molar-refractivity contribution is -0.171. The van der Waals surface area contributed by atoms with Crippen molar-refractivity contribution in [2.24, 2.45) is 16.3 Å². The van der Waals surface area contributed by atoms with Crippen molar-refractivity contribution in [1.82, 2.24) is 10.6 Å². The van der Waals surface area contributed by atoms with E-state index in [0.717, 1.165) is 43.3 Å². The summed E-state index contributed by atoms with van der Waals surface area (Å²) in [6, 6.07) is 8.76. The molecule has 29 heavy (non-hydrogen) atoms. The van der Waals surface area contributed by atoms with Crippen LogP contribution in [0.25, 0.3) is 0 Å². The van der Waals surface area contributed by atoms with E-state index in [1.807, 2.05) is 17.0 Å². The highest BCUT2D eigenvalue weighted by molar-refractivity contribution is 5.95. The maximum absolute atomic E-state index is 11.9. The average molecular weight is 397 g/mol. The number of aliphatic imine (C=N–C) groups is 1. The highest BCUT2D eigenvalue weighted by Crippen LogP contribution is 2.62. The Kier molecular flexibility index (Phi) is 4.98. The van der Waals surface area contributed by atoms with Crippen molar-refractivity contribution in [1.29, 1.82) is 0 Å². The van der Waals surface area contributed by atoms with Crippen molar-refractivity contribution in [3.63, 3.8) is 0 Å². The highest BCUT2D eigenvalue weighted by atomic mass is 16.5. The fourth-order valence-corrected chi connectivity index (χ4v) is 5.80. The van der Waals surface area contributed by atoms with Crippen LogP contribution in [-0.4, -0.2) is 43.7 Å². The van der Waals surface area contributed by atoms with Crippen LogP contribution in [0.2, 0.25) is 0 Å². The first-order valence-corrected chi connectivity index (χ1v) is 11.3. The van der Waals surface area contributed by atoms with E-state index in [0.29, 0.717) is 36.4 Å². The summed E-state index contributed by atoms with van der Waals surface area (Å²) in [6.07, 6.45) is 7.14. The van der Waals surface area contributed by atoms with Gasteiger partial charge >= 0.3 is 0 Å². The summed E-state index contributed by atoms with van der Waals surface area (Å²) in [6.45, 7) is 5.34. The van der Waals surface area contributed by atoms with Gasteiger partial charge in [0.05, 0.1) is 12.6 Å². The molecule has 2 aliphatic heterocycles. The predicted octanol–water partition coefficient (Wildman–Crippen LogP) is 2.83. The zero-order valence-corrected chi connectivity index (χ0v) is 17.3. The number of nitrogens with one attached hydrogen (secondary N) is 2. The number of hydrogen-bond donors (Lipinski definition) is 2. The van der Waals surface area contributed by atoms with Crippen LogP contribution in [0.3, 0.4) is 0 Å². The standard InChI is InChI=1S/C23H32N4O2/c1-2-24-22(26-20-18-10-14-29-21(18)23(20)11-4-12-23)25-15-16-6-8-17(9-7-16)27-13-3-5-19(27)28/h6-9,18,20-21H,2-5,10-15H2,1H3,(H2,24,25,26). The number of anilines is 1. The second kappa shape index (κ2) is 7.63. The smallest absolute Gasteiger partial charge is 0.227 e. The van der Waals surface area contributed by atoms with Gasteiger partial charge in [-0.25, -0.2) is 4.99 Å². The number of ether oxygens (including phenoxy) is 1. The molecule has 2 N–H and O–H groups in total. The number of benzene rings is 1. The molecule has 4 fully saturated rings. The van der Waals surface area contributed by atoms with Crippen molar-refractivity contribution in [3.8, 4) is 0 Å². The molecule has 1 spiro atoms. The van der Waals surface area contributed by atoms with Crippen molar-refractivity contribution < 1.29 is 9.53 Å². The van der Waals surface area contributed by atoms with Gasteiger partial charge < -0.3 is 20.3 Å². The van der Waals surface area contributed by atoms with Crippen LogP contribution in [0, 0.1) is 11.3 Å². The number of rotatable bonds is 5. The molecule has 3 unspecified atom stereocenters. The molecule has 1 aromatic rings. The number of carbonyl (C=O) groups is 1. The minimum Gasteiger partial charge on any atom is -0.377 e. The van der Waals surface area contributed by atoms with E-state index in [4.69, 9.17) is 9.73 Å². The molecule has 3 atom stereocenters. The summed E-state index contributed by atoms with van der Waals surface area (Å²) in [7, 11) is 0. The first-order valence-electron chi connectivity index (χ1n) is 11.3. The molecule has 156 valence electrons. The van der Waals surface area contributed by atoms with E-state index < -0.39 is 0 Å². The summed E-state index contributed by atoms with van der Waals surface area (Å²) in [5, 5.41) is 7.18. The zero-order valence-electron chi connectivity index (χ0n) is 17.3. The predicted molar refractivity (Wildman–Crippen MR) is 114 cm³/mol. The van der Waals surface area contributed by atoms with Crippen molar-refractivity contribution in [2.45, 2.75) is 64.1 Å². The molecular weight excluding hydrogens is 364 g/mol. The largest absolute Gasteiger partial charge is 0.377 e. The molecule has 4 aliphatic rings. The van der Waals surface area contributed by atoms with Crippen LogP contribution in [0.5, 0.6) is 0 Å². The number of fused-ring (bicyclic) bond motifs is 2. The Labute approximate surface area is 173 Å². The van der Waals surface area contributed by atoms with Gasteiger partial charge in [-0.1, -0.05) is 18.6 Å². The number of guanidine groups is 1. The third-order valence-corrected chi connectivity index (χ3v) is 7.41. The van der Waals surface area contributed by atoms with Crippen LogP contribution >= 0.6 is 0 Å². The van der Waals surface area contributed by atoms with Gasteiger partial charge in [0.1, 0.15) is 0 Å². The molecule has 1 amide bonds. The molecule has 6 nitrogen and oxygen atoms in total. The van der Waals surface area contributed by atoms with Crippen LogP contribution < -0.4 is 15.5 Å². The Balaban J connectivity index is 1.25.